The monoisotopic (exact) mass is 233 g/mol. The van der Waals surface area contributed by atoms with Crippen LogP contribution in [0.15, 0.2) is 24.3 Å². The Hall–Kier alpha value is -1.51. The summed E-state index contributed by atoms with van der Waals surface area (Å²) in [4.78, 5) is 11.0. The molecule has 2 unspecified atom stereocenters. The molecule has 0 saturated heterocycles. The first-order chi connectivity index (χ1) is 8.16. The second-order valence-corrected chi connectivity index (χ2v) is 5.02. The van der Waals surface area contributed by atoms with Gasteiger partial charge in [-0.25, -0.2) is 4.79 Å². The molecule has 0 spiro atoms. The zero-order valence-electron chi connectivity index (χ0n) is 10.1. The van der Waals surface area contributed by atoms with E-state index in [0.717, 1.165) is 18.2 Å². The minimum atomic E-state index is -0.868. The first-order valence-corrected chi connectivity index (χ1v) is 6.23. The summed E-state index contributed by atoms with van der Waals surface area (Å²) in [7, 11) is 0. The van der Waals surface area contributed by atoms with Gasteiger partial charge in [0.15, 0.2) is 0 Å². The summed E-state index contributed by atoms with van der Waals surface area (Å²) in [6, 6.07) is 7.10. The number of carbonyl (C=O) groups is 1. The molecule has 0 aromatic heterocycles. The average molecular weight is 233 g/mol. The third kappa shape index (κ3) is 2.99. The number of aromatic carboxylic acids is 1. The predicted molar refractivity (Wildman–Crippen MR) is 68.4 cm³/mol. The normalized spacial score (nSPS) is 23.6. The molecule has 0 radical (unpaired) electrons. The number of nitrogens with one attached hydrogen (secondary N) is 1. The van der Waals surface area contributed by atoms with E-state index in [1.807, 2.05) is 12.1 Å². The lowest BCUT2D eigenvalue weighted by molar-refractivity contribution is 0.0698. The van der Waals surface area contributed by atoms with Crippen molar-refractivity contribution in [2.45, 2.75) is 26.2 Å². The Morgan fingerprint density at radius 2 is 2.18 bits per heavy atom. The van der Waals surface area contributed by atoms with Gasteiger partial charge in [-0.2, -0.15) is 0 Å². The molecule has 1 aromatic rings. The van der Waals surface area contributed by atoms with Crippen LogP contribution in [0.5, 0.6) is 0 Å². The quantitative estimate of drug-likeness (QED) is 0.839. The number of anilines is 1. The van der Waals surface area contributed by atoms with Crippen LogP contribution in [0, 0.1) is 11.8 Å². The maximum absolute atomic E-state index is 11.0. The van der Waals surface area contributed by atoms with E-state index in [9.17, 15) is 4.79 Å². The van der Waals surface area contributed by atoms with Gasteiger partial charge in [0.2, 0.25) is 0 Å². The highest BCUT2D eigenvalue weighted by Gasteiger charge is 2.21. The van der Waals surface area contributed by atoms with Crippen molar-refractivity contribution in [3.63, 3.8) is 0 Å². The molecule has 0 heterocycles. The van der Waals surface area contributed by atoms with Crippen molar-refractivity contribution in [1.29, 1.82) is 0 Å². The molecule has 1 aromatic carbocycles. The van der Waals surface area contributed by atoms with Gasteiger partial charge < -0.3 is 10.4 Å². The largest absolute Gasteiger partial charge is 0.478 e. The second kappa shape index (κ2) is 5.21. The van der Waals surface area contributed by atoms with Crippen molar-refractivity contribution in [2.75, 3.05) is 11.9 Å². The molecule has 3 heteroatoms. The van der Waals surface area contributed by atoms with Gasteiger partial charge >= 0.3 is 5.97 Å². The fourth-order valence-corrected chi connectivity index (χ4v) is 2.59. The summed E-state index contributed by atoms with van der Waals surface area (Å²) in [5.74, 6) is 0.635. The Kier molecular flexibility index (Phi) is 3.67. The van der Waals surface area contributed by atoms with E-state index < -0.39 is 5.97 Å². The van der Waals surface area contributed by atoms with Gasteiger partial charge in [-0.15, -0.1) is 0 Å². The van der Waals surface area contributed by atoms with E-state index >= 15 is 0 Å². The summed E-state index contributed by atoms with van der Waals surface area (Å²) in [6.07, 6.45) is 3.80. The first kappa shape index (κ1) is 12.0. The Bertz CT molecular complexity index is 403. The summed E-state index contributed by atoms with van der Waals surface area (Å²) >= 11 is 0. The number of hydrogen-bond donors (Lipinski definition) is 2. The molecule has 1 aliphatic rings. The number of carboxylic acids is 1. The Labute approximate surface area is 102 Å². The van der Waals surface area contributed by atoms with Gasteiger partial charge in [0.25, 0.3) is 0 Å². The van der Waals surface area contributed by atoms with Crippen molar-refractivity contribution in [3.8, 4) is 0 Å². The van der Waals surface area contributed by atoms with Crippen LogP contribution in [0.4, 0.5) is 5.69 Å². The predicted octanol–water partition coefficient (Wildman–Crippen LogP) is 3.23. The molecule has 0 amide bonds. The lowest BCUT2D eigenvalue weighted by atomic mass is 10.1. The van der Waals surface area contributed by atoms with Crippen molar-refractivity contribution >= 4 is 11.7 Å². The minimum Gasteiger partial charge on any atom is -0.478 e. The van der Waals surface area contributed by atoms with Gasteiger partial charge in [-0.1, -0.05) is 25.5 Å². The second-order valence-electron chi connectivity index (χ2n) is 5.02. The van der Waals surface area contributed by atoms with Gasteiger partial charge in [-0.3, -0.25) is 0 Å². The summed E-state index contributed by atoms with van der Waals surface area (Å²) in [6.45, 7) is 3.17. The van der Waals surface area contributed by atoms with Crippen LogP contribution in [-0.4, -0.2) is 17.6 Å². The molecule has 1 saturated carbocycles. The van der Waals surface area contributed by atoms with E-state index in [-0.39, 0.29) is 0 Å². The summed E-state index contributed by atoms with van der Waals surface area (Å²) < 4.78 is 0. The summed E-state index contributed by atoms with van der Waals surface area (Å²) in [5.41, 5.74) is 1.10. The van der Waals surface area contributed by atoms with Gasteiger partial charge in [-0.05, 0) is 36.8 Å². The van der Waals surface area contributed by atoms with Gasteiger partial charge in [0, 0.05) is 12.2 Å². The van der Waals surface area contributed by atoms with Crippen LogP contribution in [0.3, 0.4) is 0 Å². The molecule has 3 nitrogen and oxygen atoms in total. The Balaban J connectivity index is 1.97. The third-order valence-corrected chi connectivity index (χ3v) is 3.54. The van der Waals surface area contributed by atoms with E-state index in [0.29, 0.717) is 11.5 Å². The van der Waals surface area contributed by atoms with E-state index in [2.05, 4.69) is 12.2 Å². The fraction of sp³-hybridized carbons (Fsp3) is 0.500. The lowest BCUT2D eigenvalue weighted by Crippen LogP contribution is -2.13. The Morgan fingerprint density at radius 1 is 1.41 bits per heavy atom. The van der Waals surface area contributed by atoms with Crippen LogP contribution in [-0.2, 0) is 0 Å². The number of hydrogen-bond acceptors (Lipinski definition) is 2. The molecule has 2 atom stereocenters. The molecule has 2 rings (SSSR count). The maximum Gasteiger partial charge on any atom is 0.337 e. The zero-order valence-corrected chi connectivity index (χ0v) is 10.1. The van der Waals surface area contributed by atoms with Crippen molar-refractivity contribution in [3.05, 3.63) is 29.8 Å². The average Bonchev–Trinajstić information content (AvgIpc) is 2.73. The standard InChI is InChI=1S/C14H19NO2/c1-10-6-7-11(8-10)9-15-13-5-3-2-4-12(13)14(16)17/h2-5,10-11,15H,6-9H2,1H3,(H,16,17). The highest BCUT2D eigenvalue weighted by molar-refractivity contribution is 5.94. The van der Waals surface area contributed by atoms with Crippen LogP contribution in [0.25, 0.3) is 0 Å². The fourth-order valence-electron chi connectivity index (χ4n) is 2.59. The minimum absolute atomic E-state index is 0.360. The molecule has 2 N–H and O–H groups in total. The highest BCUT2D eigenvalue weighted by atomic mass is 16.4. The van der Waals surface area contributed by atoms with E-state index in [1.54, 1.807) is 12.1 Å². The molecule has 92 valence electrons. The highest BCUT2D eigenvalue weighted by Crippen LogP contribution is 2.30. The van der Waals surface area contributed by atoms with Gasteiger partial charge in [0.1, 0.15) is 0 Å². The van der Waals surface area contributed by atoms with Crippen LogP contribution in [0.2, 0.25) is 0 Å². The Morgan fingerprint density at radius 3 is 2.82 bits per heavy atom. The number of para-hydroxylation sites is 1. The first-order valence-electron chi connectivity index (χ1n) is 6.23. The molecular weight excluding hydrogens is 214 g/mol. The van der Waals surface area contributed by atoms with Crippen LogP contribution >= 0.6 is 0 Å². The third-order valence-electron chi connectivity index (χ3n) is 3.54. The van der Waals surface area contributed by atoms with Gasteiger partial charge in [0.05, 0.1) is 5.56 Å². The molecule has 17 heavy (non-hydrogen) atoms. The van der Waals surface area contributed by atoms with Crippen molar-refractivity contribution in [2.24, 2.45) is 11.8 Å². The lowest BCUT2D eigenvalue weighted by Gasteiger charge is -2.13. The summed E-state index contributed by atoms with van der Waals surface area (Å²) in [5, 5.41) is 12.3. The maximum atomic E-state index is 11.0. The van der Waals surface area contributed by atoms with Crippen molar-refractivity contribution < 1.29 is 9.90 Å². The van der Waals surface area contributed by atoms with Crippen LogP contribution in [0.1, 0.15) is 36.5 Å². The molecule has 0 bridgehead atoms. The van der Waals surface area contributed by atoms with E-state index in [4.69, 9.17) is 5.11 Å². The number of carboxylic acid groups (broad SMARTS) is 1. The number of benzene rings is 1. The zero-order chi connectivity index (χ0) is 12.3. The molecule has 0 aliphatic heterocycles. The van der Waals surface area contributed by atoms with E-state index in [1.165, 1.54) is 19.3 Å². The SMILES string of the molecule is CC1CCC(CNc2ccccc2C(=O)O)C1. The van der Waals surface area contributed by atoms with Crippen molar-refractivity contribution in [1.82, 2.24) is 0 Å². The molecular formula is C14H19NO2. The topological polar surface area (TPSA) is 49.3 Å². The molecule has 1 fully saturated rings. The number of rotatable bonds is 4. The van der Waals surface area contributed by atoms with Crippen LogP contribution < -0.4 is 5.32 Å². The molecule has 1 aliphatic carbocycles. The smallest absolute Gasteiger partial charge is 0.337 e.